The average molecular weight is 220 g/mol. The summed E-state index contributed by atoms with van der Waals surface area (Å²) in [6.45, 7) is 0. The van der Waals surface area contributed by atoms with Gasteiger partial charge in [-0.05, 0) is 18.2 Å². The highest BCUT2D eigenvalue weighted by atomic mass is 19.1. The Kier molecular flexibility index (Phi) is 2.44. The van der Waals surface area contributed by atoms with Gasteiger partial charge >= 0.3 is 5.97 Å². The third-order valence-electron chi connectivity index (χ3n) is 2.24. The van der Waals surface area contributed by atoms with E-state index in [9.17, 15) is 9.18 Å². The monoisotopic (exact) mass is 220 g/mol. The number of nitrogens with zero attached hydrogens (tertiary/aromatic N) is 1. The summed E-state index contributed by atoms with van der Waals surface area (Å²) >= 11 is 0. The number of esters is 1. The van der Waals surface area contributed by atoms with Crippen LogP contribution in [0.4, 0.5) is 10.2 Å². The van der Waals surface area contributed by atoms with E-state index < -0.39 is 11.8 Å². The van der Waals surface area contributed by atoms with Gasteiger partial charge in [0.25, 0.3) is 0 Å². The van der Waals surface area contributed by atoms with Crippen LogP contribution in [0.1, 0.15) is 10.4 Å². The molecule has 0 fully saturated rings. The van der Waals surface area contributed by atoms with Gasteiger partial charge in [0.2, 0.25) is 0 Å². The lowest BCUT2D eigenvalue weighted by atomic mass is 10.1. The van der Waals surface area contributed by atoms with Gasteiger partial charge in [-0.3, -0.25) is 0 Å². The highest BCUT2D eigenvalue weighted by Crippen LogP contribution is 2.21. The summed E-state index contributed by atoms with van der Waals surface area (Å²) in [4.78, 5) is 15.3. The number of nitrogen functional groups attached to an aromatic ring is 1. The number of halogens is 1. The summed E-state index contributed by atoms with van der Waals surface area (Å²) in [5, 5.41) is 0.247. The predicted octanol–water partition coefficient (Wildman–Crippen LogP) is 1.74. The third kappa shape index (κ3) is 1.56. The summed E-state index contributed by atoms with van der Waals surface area (Å²) in [7, 11) is 1.23. The molecule has 1 heterocycles. The van der Waals surface area contributed by atoms with Gasteiger partial charge in [-0.25, -0.2) is 14.2 Å². The molecule has 0 aliphatic rings. The van der Waals surface area contributed by atoms with Gasteiger partial charge in [-0.2, -0.15) is 0 Å². The fourth-order valence-corrected chi connectivity index (χ4v) is 1.45. The molecule has 0 saturated carbocycles. The highest BCUT2D eigenvalue weighted by molar-refractivity contribution is 5.98. The maximum absolute atomic E-state index is 13.4. The fraction of sp³-hybridized carbons (Fsp3) is 0.0909. The van der Waals surface area contributed by atoms with Crippen LogP contribution >= 0.6 is 0 Å². The average Bonchev–Trinajstić information content (AvgIpc) is 2.28. The third-order valence-corrected chi connectivity index (χ3v) is 2.24. The van der Waals surface area contributed by atoms with Crippen molar-refractivity contribution in [1.82, 2.24) is 4.98 Å². The van der Waals surface area contributed by atoms with E-state index in [1.807, 2.05) is 0 Å². The zero-order chi connectivity index (χ0) is 11.7. The Labute approximate surface area is 90.8 Å². The fourth-order valence-electron chi connectivity index (χ4n) is 1.45. The molecule has 0 radical (unpaired) electrons. The van der Waals surface area contributed by atoms with Crippen LogP contribution < -0.4 is 5.73 Å². The van der Waals surface area contributed by atoms with Crippen molar-refractivity contribution < 1.29 is 13.9 Å². The van der Waals surface area contributed by atoms with Gasteiger partial charge < -0.3 is 10.5 Å². The lowest BCUT2D eigenvalue weighted by Crippen LogP contribution is -2.07. The number of nitrogens with two attached hydrogens (primary N) is 1. The predicted molar refractivity (Wildman–Crippen MR) is 57.5 cm³/mol. The van der Waals surface area contributed by atoms with Crippen molar-refractivity contribution in [3.8, 4) is 0 Å². The number of hydrogen-bond donors (Lipinski definition) is 1. The zero-order valence-corrected chi connectivity index (χ0v) is 8.53. The molecule has 0 amide bonds. The van der Waals surface area contributed by atoms with Crippen LogP contribution in [0.2, 0.25) is 0 Å². The van der Waals surface area contributed by atoms with Gasteiger partial charge in [-0.1, -0.05) is 6.07 Å². The number of pyridine rings is 1. The number of carbonyl (C=O) groups excluding carboxylic acids is 1. The number of carbonyl (C=O) groups is 1. The molecule has 0 saturated heterocycles. The number of rotatable bonds is 1. The van der Waals surface area contributed by atoms with Crippen LogP contribution in [0.5, 0.6) is 0 Å². The van der Waals surface area contributed by atoms with Gasteiger partial charge in [0.15, 0.2) is 0 Å². The van der Waals surface area contributed by atoms with Crippen LogP contribution in [0.25, 0.3) is 10.9 Å². The molecule has 2 N–H and O–H groups in total. The Bertz CT molecular complexity index is 569. The van der Waals surface area contributed by atoms with E-state index >= 15 is 0 Å². The van der Waals surface area contributed by atoms with E-state index in [2.05, 4.69) is 9.72 Å². The molecule has 0 atom stereocenters. The molecule has 0 spiro atoms. The molecule has 5 heteroatoms. The van der Waals surface area contributed by atoms with E-state index in [-0.39, 0.29) is 16.8 Å². The smallest absolute Gasteiger partial charge is 0.341 e. The maximum atomic E-state index is 13.4. The second kappa shape index (κ2) is 3.77. The summed E-state index contributed by atoms with van der Waals surface area (Å²) in [5.41, 5.74) is 6.06. The minimum Gasteiger partial charge on any atom is -0.465 e. The first-order chi connectivity index (χ1) is 7.63. The molecule has 4 nitrogen and oxygen atoms in total. The van der Waals surface area contributed by atoms with Crippen LogP contribution in [0, 0.1) is 5.82 Å². The largest absolute Gasteiger partial charge is 0.465 e. The number of hydrogen-bond acceptors (Lipinski definition) is 4. The Morgan fingerprint density at radius 3 is 2.94 bits per heavy atom. The first-order valence-electron chi connectivity index (χ1n) is 4.56. The topological polar surface area (TPSA) is 65.2 Å². The number of ether oxygens (including phenoxy) is 1. The lowest BCUT2D eigenvalue weighted by molar-refractivity contribution is 0.0602. The second-order valence-electron chi connectivity index (χ2n) is 3.22. The zero-order valence-electron chi connectivity index (χ0n) is 8.53. The van der Waals surface area contributed by atoms with E-state index in [0.29, 0.717) is 5.52 Å². The van der Waals surface area contributed by atoms with Gasteiger partial charge in [0.1, 0.15) is 17.2 Å². The highest BCUT2D eigenvalue weighted by Gasteiger charge is 2.13. The summed E-state index contributed by atoms with van der Waals surface area (Å²) in [6.07, 6.45) is 0. The van der Waals surface area contributed by atoms with Crippen molar-refractivity contribution in [1.29, 1.82) is 0 Å². The number of anilines is 1. The maximum Gasteiger partial charge on any atom is 0.341 e. The first kappa shape index (κ1) is 10.4. The lowest BCUT2D eigenvalue weighted by Gasteiger charge is -2.05. The standard InChI is InChI=1S/C11H9FN2O2/c1-16-11(15)7-5-6-8(12)3-2-4-9(6)14-10(7)13/h2-5H,1H3,(H2,13,14). The molecule has 82 valence electrons. The SMILES string of the molecule is COC(=O)c1cc2c(F)cccc2nc1N. The molecule has 2 aromatic rings. The summed E-state index contributed by atoms with van der Waals surface area (Å²) < 4.78 is 18.0. The molecular formula is C11H9FN2O2. The van der Waals surface area contributed by atoms with Gasteiger partial charge in [-0.15, -0.1) is 0 Å². The molecule has 0 aliphatic carbocycles. The first-order valence-corrected chi connectivity index (χ1v) is 4.56. The van der Waals surface area contributed by atoms with Crippen LogP contribution in [-0.2, 0) is 4.74 Å². The molecule has 1 aromatic heterocycles. The van der Waals surface area contributed by atoms with Crippen LogP contribution in [0.3, 0.4) is 0 Å². The normalized spacial score (nSPS) is 10.4. The summed E-state index contributed by atoms with van der Waals surface area (Å²) in [6, 6.07) is 5.79. The van der Waals surface area contributed by atoms with Crippen LogP contribution in [-0.4, -0.2) is 18.1 Å². The number of methoxy groups -OCH3 is 1. The number of benzene rings is 1. The van der Waals surface area contributed by atoms with Crippen molar-refractivity contribution in [3.05, 3.63) is 35.6 Å². The Morgan fingerprint density at radius 2 is 2.25 bits per heavy atom. The molecule has 0 aliphatic heterocycles. The molecule has 2 rings (SSSR count). The van der Waals surface area contributed by atoms with Crippen molar-refractivity contribution >= 4 is 22.7 Å². The molecular weight excluding hydrogens is 211 g/mol. The molecule has 0 unspecified atom stereocenters. The minimum atomic E-state index is -0.629. The molecule has 16 heavy (non-hydrogen) atoms. The Morgan fingerprint density at radius 1 is 1.50 bits per heavy atom. The van der Waals surface area contributed by atoms with E-state index in [1.54, 1.807) is 6.07 Å². The molecule has 1 aromatic carbocycles. The summed E-state index contributed by atoms with van der Waals surface area (Å²) in [5.74, 6) is -1.05. The minimum absolute atomic E-state index is 0.0324. The van der Waals surface area contributed by atoms with Crippen LogP contribution in [0.15, 0.2) is 24.3 Å². The Balaban J connectivity index is 2.74. The quantitative estimate of drug-likeness (QED) is 0.743. The van der Waals surface area contributed by atoms with E-state index in [0.717, 1.165) is 0 Å². The van der Waals surface area contributed by atoms with Crippen molar-refractivity contribution in [3.63, 3.8) is 0 Å². The number of aromatic nitrogens is 1. The van der Waals surface area contributed by atoms with Gasteiger partial charge in [0, 0.05) is 5.39 Å². The second-order valence-corrected chi connectivity index (χ2v) is 3.22. The van der Waals surface area contributed by atoms with E-state index in [1.165, 1.54) is 25.3 Å². The Hall–Kier alpha value is -2.17. The van der Waals surface area contributed by atoms with Crippen molar-refractivity contribution in [2.45, 2.75) is 0 Å². The van der Waals surface area contributed by atoms with Crippen molar-refractivity contribution in [2.75, 3.05) is 12.8 Å². The number of fused-ring (bicyclic) bond motifs is 1. The molecule has 0 bridgehead atoms. The van der Waals surface area contributed by atoms with Gasteiger partial charge in [0.05, 0.1) is 12.6 Å². The van der Waals surface area contributed by atoms with E-state index in [4.69, 9.17) is 5.73 Å². The van der Waals surface area contributed by atoms with Crippen molar-refractivity contribution in [2.24, 2.45) is 0 Å².